The zero-order valence-corrected chi connectivity index (χ0v) is 44.5. The minimum atomic E-state index is -1.09. The first kappa shape index (κ1) is 52.7. The van der Waals surface area contributed by atoms with Crippen LogP contribution in [0.5, 0.6) is 5.75 Å². The van der Waals surface area contributed by atoms with Gasteiger partial charge in [0.2, 0.25) is 23.6 Å². The molecular weight excluding hydrogens is 989 g/mol. The average molecular weight is 1050 g/mol. The minimum Gasteiger partial charge on any atom is -0.489 e. The number of rotatable bonds is 15. The lowest BCUT2D eigenvalue weighted by atomic mass is 9.85. The van der Waals surface area contributed by atoms with E-state index in [1.807, 2.05) is 73.9 Å². The Balaban J connectivity index is 0.882. The molecule has 19 heteroatoms. The molecule has 1 fully saturated rings. The van der Waals surface area contributed by atoms with Gasteiger partial charge in [-0.25, -0.2) is 9.37 Å². The SMILES string of the molecule is Cc1ncsc1-c1ccc([C@H](C)NC(=O)[C@@H]2C[C@@H](O)CN2C(=O)C(NC(=O)/C=C/c2cc(F)cc(OC(C)CNC(=O)C[C@@H]3N=C(c4ccc(Cl)cc4)c4c(sc(C)c4C)-n4c(C)nnc43)c2)C(C)(C)C)cc1. The van der Waals surface area contributed by atoms with Gasteiger partial charge in [0.25, 0.3) is 0 Å². The Morgan fingerprint density at radius 1 is 0.973 bits per heavy atom. The van der Waals surface area contributed by atoms with Crippen molar-refractivity contribution in [2.45, 2.75) is 112 Å². The monoisotopic (exact) mass is 1050 g/mol. The summed E-state index contributed by atoms with van der Waals surface area (Å²) in [5, 5.41) is 29.8. The van der Waals surface area contributed by atoms with Gasteiger partial charge in [-0.1, -0.05) is 68.8 Å². The number of aryl methyl sites for hydroxylation is 3. The van der Waals surface area contributed by atoms with Crippen molar-refractivity contribution in [2.24, 2.45) is 10.4 Å². The van der Waals surface area contributed by atoms with Crippen molar-refractivity contribution in [2.75, 3.05) is 13.1 Å². The van der Waals surface area contributed by atoms with E-state index in [4.69, 9.17) is 21.3 Å². The number of fused-ring (bicyclic) bond motifs is 3. The zero-order chi connectivity index (χ0) is 52.5. The summed E-state index contributed by atoms with van der Waals surface area (Å²) in [5.41, 5.74) is 7.75. The number of hydrogen-bond acceptors (Lipinski definition) is 12. The highest BCUT2D eigenvalue weighted by Crippen LogP contribution is 2.40. The molecule has 0 saturated carbocycles. The van der Waals surface area contributed by atoms with Crippen LogP contribution in [0.25, 0.3) is 21.5 Å². The number of hydrogen-bond donors (Lipinski definition) is 4. The van der Waals surface area contributed by atoms with E-state index in [1.54, 1.807) is 61.9 Å². The standard InChI is InChI=1S/C54H59ClFN9O6S2/c1-28(25-57-45(68)24-42-50-63-62-33(6)65(50)53-46(29(2)32(5)73-53)47(60-42)36-15-17-38(55)18-16-36)71-41-21-34(20-39(56)22-41)10-19-44(67)61-49(54(7,8)9)52(70)64-26-40(66)23-43(64)51(69)59-30(3)35-11-13-37(14-12-35)48-31(4)58-27-72-48/h10-22,27-28,30,40,42-43,49,66H,23-26H2,1-9H3,(H,57,68)(H,59,69)(H,61,67)/b19-10+/t28?,30-,40+,42-,43-,49?/m0/s1. The van der Waals surface area contributed by atoms with E-state index in [1.165, 1.54) is 29.2 Å². The summed E-state index contributed by atoms with van der Waals surface area (Å²) in [6.45, 7) is 16.9. The van der Waals surface area contributed by atoms with Crippen LogP contribution >= 0.6 is 34.3 Å². The summed E-state index contributed by atoms with van der Waals surface area (Å²) in [6, 6.07) is 16.2. The molecule has 4 N–H and O–H groups in total. The molecule has 0 radical (unpaired) electrons. The van der Waals surface area contributed by atoms with Gasteiger partial charge >= 0.3 is 0 Å². The van der Waals surface area contributed by atoms with Crippen LogP contribution in [0.3, 0.4) is 0 Å². The van der Waals surface area contributed by atoms with Crippen LogP contribution in [0.15, 0.2) is 83.3 Å². The maximum Gasteiger partial charge on any atom is 0.246 e. The van der Waals surface area contributed by atoms with Crippen molar-refractivity contribution >= 4 is 69.7 Å². The second-order valence-electron chi connectivity index (χ2n) is 19.7. The molecule has 1 saturated heterocycles. The number of nitrogens with one attached hydrogen (secondary N) is 3. The molecule has 0 bridgehead atoms. The van der Waals surface area contributed by atoms with Gasteiger partial charge in [-0.3, -0.25) is 28.7 Å². The van der Waals surface area contributed by atoms with E-state index in [0.717, 1.165) is 54.0 Å². The summed E-state index contributed by atoms with van der Waals surface area (Å²) in [6.07, 6.45) is 1.06. The molecule has 4 amide bonds. The number of benzene rings is 3. The average Bonchev–Trinajstić information content (AvgIpc) is 4.11. The Kier molecular flexibility index (Phi) is 15.8. The van der Waals surface area contributed by atoms with Crippen LogP contribution in [-0.4, -0.2) is 96.5 Å². The van der Waals surface area contributed by atoms with Crippen molar-refractivity contribution in [1.29, 1.82) is 0 Å². The number of β-amino-alcohol motifs (C(OH)–C–C–N with tert-alkyl or cyclic N) is 1. The summed E-state index contributed by atoms with van der Waals surface area (Å²) in [7, 11) is 0. The molecule has 6 atom stereocenters. The Labute approximate surface area is 437 Å². The Hall–Kier alpha value is -6.60. The first-order valence-electron chi connectivity index (χ1n) is 24.0. The van der Waals surface area contributed by atoms with Gasteiger partial charge < -0.3 is 30.7 Å². The van der Waals surface area contributed by atoms with Gasteiger partial charge in [-0.2, -0.15) is 0 Å². The number of aliphatic imine (C=N–C) groups is 1. The molecule has 3 aromatic carbocycles. The Morgan fingerprint density at radius 2 is 1.68 bits per heavy atom. The second kappa shape index (κ2) is 21.9. The fraction of sp³-hybridized carbons (Fsp3) is 0.370. The first-order valence-corrected chi connectivity index (χ1v) is 26.1. The van der Waals surface area contributed by atoms with Crippen molar-refractivity contribution in [3.05, 3.63) is 139 Å². The first-order chi connectivity index (χ1) is 34.6. The van der Waals surface area contributed by atoms with Crippen molar-refractivity contribution in [3.63, 3.8) is 0 Å². The molecule has 8 rings (SSSR count). The van der Waals surface area contributed by atoms with Crippen molar-refractivity contribution < 1.29 is 33.4 Å². The third-order valence-corrected chi connectivity index (χ3v) is 15.4. The van der Waals surface area contributed by atoms with Crippen LogP contribution in [0.2, 0.25) is 5.02 Å². The van der Waals surface area contributed by atoms with Gasteiger partial charge in [-0.05, 0) is 99.6 Å². The number of aliphatic hydroxyl groups is 1. The van der Waals surface area contributed by atoms with E-state index >= 15 is 4.39 Å². The Morgan fingerprint density at radius 3 is 2.37 bits per heavy atom. The molecule has 0 spiro atoms. The number of halogens is 2. The molecule has 2 aliphatic rings. The van der Waals surface area contributed by atoms with Crippen LogP contribution in [0.1, 0.15) is 110 Å². The number of carbonyl (C=O) groups excluding carboxylic acids is 4. The van der Waals surface area contributed by atoms with Crippen LogP contribution in [0.4, 0.5) is 4.39 Å². The molecular formula is C54H59ClFN9O6S2. The number of aromatic nitrogens is 4. The highest BCUT2D eigenvalue weighted by atomic mass is 35.5. The second-order valence-corrected chi connectivity index (χ2v) is 22.2. The highest BCUT2D eigenvalue weighted by molar-refractivity contribution is 7.15. The number of ether oxygens (including phenoxy) is 1. The summed E-state index contributed by atoms with van der Waals surface area (Å²) < 4.78 is 23.1. The lowest BCUT2D eigenvalue weighted by molar-refractivity contribution is -0.143. The molecule has 382 valence electrons. The molecule has 3 aromatic heterocycles. The van der Waals surface area contributed by atoms with Gasteiger partial charge in [-0.15, -0.1) is 32.9 Å². The van der Waals surface area contributed by atoms with Gasteiger partial charge in [0, 0.05) is 46.1 Å². The fourth-order valence-corrected chi connectivity index (χ4v) is 11.2. The molecule has 2 unspecified atom stereocenters. The smallest absolute Gasteiger partial charge is 0.246 e. The van der Waals surface area contributed by atoms with Gasteiger partial charge in [0.1, 0.15) is 46.6 Å². The lowest BCUT2D eigenvalue weighted by Crippen LogP contribution is -2.57. The lowest BCUT2D eigenvalue weighted by Gasteiger charge is -2.35. The molecule has 73 heavy (non-hydrogen) atoms. The zero-order valence-electron chi connectivity index (χ0n) is 42.1. The van der Waals surface area contributed by atoms with E-state index in [2.05, 4.69) is 45.0 Å². The highest BCUT2D eigenvalue weighted by Gasteiger charge is 2.45. The largest absolute Gasteiger partial charge is 0.489 e. The van der Waals surface area contributed by atoms with Gasteiger partial charge in [0.15, 0.2) is 5.82 Å². The molecule has 15 nitrogen and oxygen atoms in total. The van der Waals surface area contributed by atoms with E-state index < -0.39 is 65.3 Å². The van der Waals surface area contributed by atoms with E-state index in [-0.39, 0.29) is 37.6 Å². The number of carbonyl (C=O) groups is 4. The third-order valence-electron chi connectivity index (χ3n) is 13.0. The number of amides is 4. The number of aliphatic hydroxyl groups excluding tert-OH is 1. The van der Waals surface area contributed by atoms with Crippen molar-refractivity contribution in [1.82, 2.24) is 40.6 Å². The third kappa shape index (κ3) is 11.9. The van der Waals surface area contributed by atoms with Crippen LogP contribution < -0.4 is 20.7 Å². The predicted molar refractivity (Wildman–Crippen MR) is 283 cm³/mol. The summed E-state index contributed by atoms with van der Waals surface area (Å²) in [5.74, 6) is -1.10. The molecule has 2 aliphatic heterocycles. The predicted octanol–water partition coefficient (Wildman–Crippen LogP) is 8.73. The van der Waals surface area contributed by atoms with Crippen LogP contribution in [-0.2, 0) is 19.2 Å². The van der Waals surface area contributed by atoms with Crippen LogP contribution in [0, 0.1) is 38.9 Å². The maximum atomic E-state index is 15.0. The minimum absolute atomic E-state index is 0.0341. The van der Waals surface area contributed by atoms with E-state index in [0.29, 0.717) is 22.2 Å². The topological polar surface area (TPSA) is 193 Å². The number of likely N-dealkylation sites (tertiary alicyclic amines) is 1. The maximum absolute atomic E-state index is 15.0. The number of thiophene rings is 1. The van der Waals surface area contributed by atoms with E-state index in [9.17, 15) is 24.3 Å². The summed E-state index contributed by atoms with van der Waals surface area (Å²) in [4.78, 5) is 68.2. The fourth-order valence-electron chi connectivity index (χ4n) is 9.04. The molecule has 0 aliphatic carbocycles. The summed E-state index contributed by atoms with van der Waals surface area (Å²) >= 11 is 9.44. The molecule has 6 aromatic rings. The van der Waals surface area contributed by atoms with Gasteiger partial charge in [0.05, 0.1) is 46.9 Å². The normalized spacial score (nSPS) is 17.8. The number of nitrogens with zero attached hydrogens (tertiary/aromatic N) is 6. The quantitative estimate of drug-likeness (QED) is 0.0728. The molecule has 5 heterocycles. The Bertz CT molecular complexity index is 3110. The van der Waals surface area contributed by atoms with Crippen molar-refractivity contribution in [3.8, 4) is 21.2 Å². The number of thiazole rings is 1.